The highest BCUT2D eigenvalue weighted by atomic mass is 16.2. The number of rotatable bonds is 2. The van der Waals surface area contributed by atoms with E-state index in [1.807, 2.05) is 30.9 Å². The summed E-state index contributed by atoms with van der Waals surface area (Å²) in [6.07, 6.45) is 2.04. The average Bonchev–Trinajstić information content (AvgIpc) is 2.95. The third-order valence-electron chi connectivity index (χ3n) is 4.89. The fourth-order valence-electron chi connectivity index (χ4n) is 3.70. The zero-order valence-corrected chi connectivity index (χ0v) is 13.3. The molecule has 118 valence electrons. The number of piperazine rings is 1. The molecule has 2 fully saturated rings. The van der Waals surface area contributed by atoms with E-state index < -0.39 is 0 Å². The van der Waals surface area contributed by atoms with Crippen molar-refractivity contribution in [3.63, 3.8) is 0 Å². The standard InChI is InChI=1S/C17H23N3O2/c1-11-6-13(7-12(2)15(11)8-18)17(22)19-9-14-4-3-5-20(14)16(21)10-19/h6-7,14H,3-5,8-10,18H2,1-2H3. The van der Waals surface area contributed by atoms with Gasteiger partial charge in [0.1, 0.15) is 6.54 Å². The van der Waals surface area contributed by atoms with E-state index in [4.69, 9.17) is 5.73 Å². The molecule has 2 amide bonds. The van der Waals surface area contributed by atoms with Crippen molar-refractivity contribution in [2.75, 3.05) is 19.6 Å². The minimum atomic E-state index is -0.0466. The molecule has 0 aliphatic carbocycles. The number of carbonyl (C=O) groups excluding carboxylic acids is 2. The van der Waals surface area contributed by atoms with Crippen LogP contribution in [0.15, 0.2) is 12.1 Å². The highest BCUT2D eigenvalue weighted by molar-refractivity contribution is 5.97. The Morgan fingerprint density at radius 1 is 1.32 bits per heavy atom. The van der Waals surface area contributed by atoms with Crippen molar-refractivity contribution in [2.45, 2.75) is 39.3 Å². The van der Waals surface area contributed by atoms with E-state index >= 15 is 0 Å². The van der Waals surface area contributed by atoms with Crippen LogP contribution in [0.2, 0.25) is 0 Å². The smallest absolute Gasteiger partial charge is 0.254 e. The predicted molar refractivity (Wildman–Crippen MR) is 84.4 cm³/mol. The van der Waals surface area contributed by atoms with Crippen LogP contribution in [0.1, 0.15) is 39.9 Å². The molecule has 5 heteroatoms. The Bertz CT molecular complexity index is 603. The molecule has 1 aromatic carbocycles. The van der Waals surface area contributed by atoms with Crippen LogP contribution in [-0.2, 0) is 11.3 Å². The first-order chi connectivity index (χ1) is 10.5. The molecule has 22 heavy (non-hydrogen) atoms. The van der Waals surface area contributed by atoms with Crippen molar-refractivity contribution in [2.24, 2.45) is 5.73 Å². The highest BCUT2D eigenvalue weighted by Gasteiger charge is 2.37. The van der Waals surface area contributed by atoms with Gasteiger partial charge in [0, 0.05) is 31.2 Å². The summed E-state index contributed by atoms with van der Waals surface area (Å²) < 4.78 is 0. The minimum absolute atomic E-state index is 0.0466. The Hall–Kier alpha value is -1.88. The number of fused-ring (bicyclic) bond motifs is 1. The Balaban J connectivity index is 1.83. The van der Waals surface area contributed by atoms with Crippen molar-refractivity contribution in [1.29, 1.82) is 0 Å². The van der Waals surface area contributed by atoms with E-state index in [2.05, 4.69) is 0 Å². The third kappa shape index (κ3) is 2.50. The topological polar surface area (TPSA) is 66.6 Å². The molecule has 0 spiro atoms. The van der Waals surface area contributed by atoms with Gasteiger partial charge in [-0.05, 0) is 55.5 Å². The summed E-state index contributed by atoms with van der Waals surface area (Å²) in [7, 11) is 0. The van der Waals surface area contributed by atoms with Crippen LogP contribution in [-0.4, -0.2) is 47.3 Å². The molecule has 2 heterocycles. The SMILES string of the molecule is Cc1cc(C(=O)N2CC(=O)N3CCCC3C2)cc(C)c1CN. The molecule has 2 aliphatic rings. The lowest BCUT2D eigenvalue weighted by Crippen LogP contribution is -2.55. The van der Waals surface area contributed by atoms with Gasteiger partial charge in [-0.3, -0.25) is 9.59 Å². The second-order valence-corrected chi connectivity index (χ2v) is 6.36. The Kier molecular flexibility index (Phi) is 3.91. The molecule has 1 aromatic rings. The Morgan fingerprint density at radius 3 is 2.64 bits per heavy atom. The molecule has 5 nitrogen and oxygen atoms in total. The quantitative estimate of drug-likeness (QED) is 0.893. The number of hydrogen-bond acceptors (Lipinski definition) is 3. The monoisotopic (exact) mass is 301 g/mol. The number of amides is 2. The summed E-state index contributed by atoms with van der Waals surface area (Å²) in [6.45, 7) is 6.13. The van der Waals surface area contributed by atoms with Crippen LogP contribution in [0.25, 0.3) is 0 Å². The maximum absolute atomic E-state index is 12.8. The van der Waals surface area contributed by atoms with Gasteiger partial charge in [-0.15, -0.1) is 0 Å². The maximum Gasteiger partial charge on any atom is 0.254 e. The molecular weight excluding hydrogens is 278 g/mol. The van der Waals surface area contributed by atoms with Gasteiger partial charge < -0.3 is 15.5 Å². The van der Waals surface area contributed by atoms with Crippen molar-refractivity contribution < 1.29 is 9.59 Å². The average molecular weight is 301 g/mol. The summed E-state index contributed by atoms with van der Waals surface area (Å²) in [6, 6.07) is 3.99. The van der Waals surface area contributed by atoms with Gasteiger partial charge in [-0.2, -0.15) is 0 Å². The minimum Gasteiger partial charge on any atom is -0.336 e. The number of benzene rings is 1. The predicted octanol–water partition coefficient (Wildman–Crippen LogP) is 1.21. The summed E-state index contributed by atoms with van der Waals surface area (Å²) in [5.74, 6) is 0.0313. The molecule has 3 rings (SSSR count). The van der Waals surface area contributed by atoms with Crippen molar-refractivity contribution >= 4 is 11.8 Å². The van der Waals surface area contributed by atoms with Crippen LogP contribution >= 0.6 is 0 Å². The van der Waals surface area contributed by atoms with Gasteiger partial charge in [0.2, 0.25) is 5.91 Å². The van der Waals surface area contributed by atoms with E-state index in [9.17, 15) is 9.59 Å². The van der Waals surface area contributed by atoms with Gasteiger partial charge in [0.25, 0.3) is 5.91 Å². The maximum atomic E-state index is 12.8. The van der Waals surface area contributed by atoms with E-state index in [1.54, 1.807) is 4.90 Å². The molecule has 2 aliphatic heterocycles. The fourth-order valence-corrected chi connectivity index (χ4v) is 3.70. The summed E-state index contributed by atoms with van der Waals surface area (Å²) in [4.78, 5) is 28.6. The Labute approximate surface area is 131 Å². The first kappa shape index (κ1) is 15.0. The second kappa shape index (κ2) is 5.72. The molecular formula is C17H23N3O2. The third-order valence-corrected chi connectivity index (χ3v) is 4.89. The molecule has 2 saturated heterocycles. The number of nitrogens with two attached hydrogens (primary N) is 1. The van der Waals surface area contributed by atoms with Gasteiger partial charge in [0.15, 0.2) is 0 Å². The molecule has 0 bridgehead atoms. The molecule has 1 unspecified atom stereocenters. The molecule has 0 aromatic heterocycles. The zero-order chi connectivity index (χ0) is 15.9. The lowest BCUT2D eigenvalue weighted by Gasteiger charge is -2.37. The van der Waals surface area contributed by atoms with Crippen molar-refractivity contribution in [3.8, 4) is 0 Å². The lowest BCUT2D eigenvalue weighted by molar-refractivity contribution is -0.136. The first-order valence-corrected chi connectivity index (χ1v) is 7.90. The molecule has 2 N–H and O–H groups in total. The van der Waals surface area contributed by atoms with Crippen LogP contribution in [0.3, 0.4) is 0 Å². The van der Waals surface area contributed by atoms with E-state index in [1.165, 1.54) is 0 Å². The molecule has 0 radical (unpaired) electrons. The van der Waals surface area contributed by atoms with E-state index in [0.29, 0.717) is 18.7 Å². The number of nitrogens with zero attached hydrogens (tertiary/aromatic N) is 2. The number of hydrogen-bond donors (Lipinski definition) is 1. The summed E-state index contributed by atoms with van der Waals surface area (Å²) in [5.41, 5.74) is 9.58. The summed E-state index contributed by atoms with van der Waals surface area (Å²) >= 11 is 0. The number of carbonyl (C=O) groups is 2. The van der Waals surface area contributed by atoms with E-state index in [0.717, 1.165) is 36.1 Å². The largest absolute Gasteiger partial charge is 0.336 e. The fraction of sp³-hybridized carbons (Fsp3) is 0.529. The van der Waals surface area contributed by atoms with Gasteiger partial charge in [0.05, 0.1) is 0 Å². The second-order valence-electron chi connectivity index (χ2n) is 6.36. The Morgan fingerprint density at radius 2 is 2.00 bits per heavy atom. The highest BCUT2D eigenvalue weighted by Crippen LogP contribution is 2.24. The van der Waals surface area contributed by atoms with Crippen molar-refractivity contribution in [3.05, 3.63) is 34.4 Å². The van der Waals surface area contributed by atoms with Crippen molar-refractivity contribution in [1.82, 2.24) is 9.80 Å². The van der Waals surface area contributed by atoms with Crippen LogP contribution in [0, 0.1) is 13.8 Å². The molecule has 0 saturated carbocycles. The number of aryl methyl sites for hydroxylation is 2. The lowest BCUT2D eigenvalue weighted by atomic mass is 9.98. The van der Waals surface area contributed by atoms with E-state index in [-0.39, 0.29) is 24.4 Å². The molecule has 1 atom stereocenters. The van der Waals surface area contributed by atoms with Gasteiger partial charge in [-0.25, -0.2) is 0 Å². The van der Waals surface area contributed by atoms with Gasteiger partial charge >= 0.3 is 0 Å². The van der Waals surface area contributed by atoms with Crippen LogP contribution < -0.4 is 5.73 Å². The van der Waals surface area contributed by atoms with Crippen LogP contribution in [0.4, 0.5) is 0 Å². The normalized spacial score (nSPS) is 21.2. The summed E-state index contributed by atoms with van der Waals surface area (Å²) in [5, 5.41) is 0. The van der Waals surface area contributed by atoms with Gasteiger partial charge in [-0.1, -0.05) is 0 Å². The van der Waals surface area contributed by atoms with Crippen LogP contribution in [0.5, 0.6) is 0 Å². The zero-order valence-electron chi connectivity index (χ0n) is 13.3. The first-order valence-electron chi connectivity index (χ1n) is 7.90.